The van der Waals surface area contributed by atoms with Gasteiger partial charge in [-0.1, -0.05) is 13.3 Å². The zero-order valence-corrected chi connectivity index (χ0v) is 11.4. The Kier molecular flexibility index (Phi) is 4.13. The number of methoxy groups -OCH3 is 1. The molecule has 0 spiro atoms. The summed E-state index contributed by atoms with van der Waals surface area (Å²) < 4.78 is 5.51. The number of rotatable bonds is 2. The van der Waals surface area contributed by atoms with Crippen LogP contribution in [0.2, 0.25) is 0 Å². The molecule has 0 aromatic heterocycles. The van der Waals surface area contributed by atoms with Crippen LogP contribution < -0.4 is 0 Å². The Hall–Kier alpha value is -0.500. The van der Waals surface area contributed by atoms with Crippen molar-refractivity contribution in [2.24, 2.45) is 23.7 Å². The van der Waals surface area contributed by atoms with Gasteiger partial charge in [-0.05, 0) is 56.4 Å². The molecule has 0 heterocycles. The fraction of sp³-hybridized carbons (Fsp3) is 0.867. The maximum atomic E-state index is 10.1. The number of hydrogen-bond acceptors (Lipinski definition) is 2. The van der Waals surface area contributed by atoms with Gasteiger partial charge in [0, 0.05) is 5.92 Å². The predicted molar refractivity (Wildman–Crippen MR) is 69.5 cm³/mol. The molecule has 2 fully saturated rings. The maximum Gasteiger partial charge on any atom is 0.0946 e. The number of allylic oxidation sites excluding steroid dienone is 2. The Labute approximate surface area is 105 Å². The summed E-state index contributed by atoms with van der Waals surface area (Å²) in [5.74, 6) is 3.61. The molecule has 2 rings (SSSR count). The van der Waals surface area contributed by atoms with Gasteiger partial charge in [0.2, 0.25) is 0 Å². The molecule has 17 heavy (non-hydrogen) atoms. The van der Waals surface area contributed by atoms with Crippen LogP contribution in [0.3, 0.4) is 0 Å². The standard InChI is InChI=1S/C15H26O2/c1-4-15(17-3)12-9-11-6-5-7-14(16)13(11)8-10(12)2/h4,10-14,16H,5-9H2,1-3H3/b15-4-/t10-,11-,12?,13+,14-/m0/s1. The quantitative estimate of drug-likeness (QED) is 0.747. The third-order valence-electron chi connectivity index (χ3n) is 4.95. The van der Waals surface area contributed by atoms with Crippen molar-refractivity contribution in [1.82, 2.24) is 0 Å². The number of fused-ring (bicyclic) bond motifs is 1. The molecule has 2 aliphatic carbocycles. The van der Waals surface area contributed by atoms with Crippen molar-refractivity contribution in [1.29, 1.82) is 0 Å². The van der Waals surface area contributed by atoms with Crippen LogP contribution in [0.4, 0.5) is 0 Å². The average molecular weight is 238 g/mol. The van der Waals surface area contributed by atoms with Crippen molar-refractivity contribution < 1.29 is 9.84 Å². The zero-order chi connectivity index (χ0) is 12.4. The Morgan fingerprint density at radius 3 is 2.71 bits per heavy atom. The van der Waals surface area contributed by atoms with E-state index in [4.69, 9.17) is 4.74 Å². The van der Waals surface area contributed by atoms with Gasteiger partial charge in [-0.25, -0.2) is 0 Å². The summed E-state index contributed by atoms with van der Waals surface area (Å²) in [6.07, 6.45) is 7.94. The first kappa shape index (κ1) is 12.9. The van der Waals surface area contributed by atoms with Crippen molar-refractivity contribution in [3.63, 3.8) is 0 Å². The minimum Gasteiger partial charge on any atom is -0.501 e. The van der Waals surface area contributed by atoms with Crippen LogP contribution in [-0.2, 0) is 4.74 Å². The monoisotopic (exact) mass is 238 g/mol. The fourth-order valence-corrected chi connectivity index (χ4v) is 4.01. The van der Waals surface area contributed by atoms with E-state index in [1.807, 2.05) is 0 Å². The maximum absolute atomic E-state index is 10.1. The zero-order valence-electron chi connectivity index (χ0n) is 11.4. The second kappa shape index (κ2) is 5.43. The third-order valence-corrected chi connectivity index (χ3v) is 4.95. The third kappa shape index (κ3) is 2.52. The van der Waals surface area contributed by atoms with Crippen LogP contribution in [0, 0.1) is 23.7 Å². The number of hydrogen-bond donors (Lipinski definition) is 1. The normalized spacial score (nSPS) is 43.1. The van der Waals surface area contributed by atoms with Crippen LogP contribution >= 0.6 is 0 Å². The number of aliphatic hydroxyl groups is 1. The van der Waals surface area contributed by atoms with E-state index in [1.54, 1.807) is 7.11 Å². The Balaban J connectivity index is 2.09. The van der Waals surface area contributed by atoms with Gasteiger partial charge in [0.15, 0.2) is 0 Å². The summed E-state index contributed by atoms with van der Waals surface area (Å²) in [7, 11) is 1.78. The van der Waals surface area contributed by atoms with Gasteiger partial charge in [-0.3, -0.25) is 0 Å². The van der Waals surface area contributed by atoms with Crippen molar-refractivity contribution in [2.75, 3.05) is 7.11 Å². The number of ether oxygens (including phenoxy) is 1. The molecule has 1 unspecified atom stereocenters. The molecule has 1 N–H and O–H groups in total. The molecule has 0 aromatic carbocycles. The number of aliphatic hydroxyl groups excluding tert-OH is 1. The fourth-order valence-electron chi connectivity index (χ4n) is 4.01. The van der Waals surface area contributed by atoms with Crippen LogP contribution in [-0.4, -0.2) is 18.3 Å². The van der Waals surface area contributed by atoms with Crippen LogP contribution in [0.15, 0.2) is 11.8 Å². The van der Waals surface area contributed by atoms with Gasteiger partial charge in [0.1, 0.15) is 0 Å². The van der Waals surface area contributed by atoms with E-state index in [2.05, 4.69) is 19.9 Å². The highest BCUT2D eigenvalue weighted by atomic mass is 16.5. The van der Waals surface area contributed by atoms with Gasteiger partial charge < -0.3 is 9.84 Å². The summed E-state index contributed by atoms with van der Waals surface area (Å²) in [4.78, 5) is 0. The molecule has 0 radical (unpaired) electrons. The summed E-state index contributed by atoms with van der Waals surface area (Å²) in [6, 6.07) is 0. The molecule has 0 saturated heterocycles. The lowest BCUT2D eigenvalue weighted by atomic mass is 9.62. The van der Waals surface area contributed by atoms with Crippen LogP contribution in [0.5, 0.6) is 0 Å². The average Bonchev–Trinajstić information content (AvgIpc) is 2.33. The van der Waals surface area contributed by atoms with E-state index < -0.39 is 0 Å². The topological polar surface area (TPSA) is 29.5 Å². The van der Waals surface area contributed by atoms with Crippen molar-refractivity contribution >= 4 is 0 Å². The van der Waals surface area contributed by atoms with Gasteiger partial charge in [-0.15, -0.1) is 0 Å². The highest BCUT2D eigenvalue weighted by Gasteiger charge is 2.41. The van der Waals surface area contributed by atoms with E-state index in [-0.39, 0.29) is 6.10 Å². The summed E-state index contributed by atoms with van der Waals surface area (Å²) in [5, 5.41) is 10.1. The molecule has 98 valence electrons. The van der Waals surface area contributed by atoms with Gasteiger partial charge >= 0.3 is 0 Å². The second-order valence-corrected chi connectivity index (χ2v) is 5.87. The summed E-state index contributed by atoms with van der Waals surface area (Å²) in [5.41, 5.74) is 0. The van der Waals surface area contributed by atoms with E-state index in [1.165, 1.54) is 19.3 Å². The first-order chi connectivity index (χ1) is 8.17. The van der Waals surface area contributed by atoms with Crippen molar-refractivity contribution in [2.45, 2.75) is 52.1 Å². The first-order valence-electron chi connectivity index (χ1n) is 7.05. The van der Waals surface area contributed by atoms with E-state index in [0.29, 0.717) is 23.7 Å². The van der Waals surface area contributed by atoms with Crippen LogP contribution in [0.25, 0.3) is 0 Å². The van der Waals surface area contributed by atoms with Crippen LogP contribution in [0.1, 0.15) is 46.0 Å². The van der Waals surface area contributed by atoms with Crippen molar-refractivity contribution in [3.8, 4) is 0 Å². The largest absolute Gasteiger partial charge is 0.501 e. The Morgan fingerprint density at radius 2 is 2.06 bits per heavy atom. The van der Waals surface area contributed by atoms with E-state index in [0.717, 1.165) is 18.6 Å². The highest BCUT2D eigenvalue weighted by molar-refractivity contribution is 5.04. The first-order valence-corrected chi connectivity index (χ1v) is 7.05. The minimum absolute atomic E-state index is 0.0475. The highest BCUT2D eigenvalue weighted by Crippen LogP contribution is 2.47. The molecular formula is C15H26O2. The minimum atomic E-state index is -0.0475. The molecule has 2 nitrogen and oxygen atoms in total. The van der Waals surface area contributed by atoms with E-state index >= 15 is 0 Å². The molecule has 2 heteroatoms. The molecule has 5 atom stereocenters. The molecule has 0 aliphatic heterocycles. The Morgan fingerprint density at radius 1 is 1.29 bits per heavy atom. The van der Waals surface area contributed by atoms with E-state index in [9.17, 15) is 5.11 Å². The van der Waals surface area contributed by atoms with Gasteiger partial charge in [-0.2, -0.15) is 0 Å². The molecule has 0 aromatic rings. The summed E-state index contributed by atoms with van der Waals surface area (Å²) >= 11 is 0. The summed E-state index contributed by atoms with van der Waals surface area (Å²) in [6.45, 7) is 4.37. The lowest BCUT2D eigenvalue weighted by molar-refractivity contribution is -0.0224. The molecule has 0 amide bonds. The van der Waals surface area contributed by atoms with Crippen molar-refractivity contribution in [3.05, 3.63) is 11.8 Å². The lowest BCUT2D eigenvalue weighted by Gasteiger charge is -2.45. The van der Waals surface area contributed by atoms with Gasteiger partial charge in [0.25, 0.3) is 0 Å². The molecule has 2 saturated carbocycles. The smallest absolute Gasteiger partial charge is 0.0946 e. The lowest BCUT2D eigenvalue weighted by Crippen LogP contribution is -2.40. The SMILES string of the molecule is C/C=C(\OC)C1C[C@@H]2CCC[C@H](O)[C@@H]2C[C@@H]1C. The predicted octanol–water partition coefficient (Wildman–Crippen LogP) is 3.36. The second-order valence-electron chi connectivity index (χ2n) is 5.87. The Bertz CT molecular complexity index is 285. The van der Waals surface area contributed by atoms with Gasteiger partial charge in [0.05, 0.1) is 19.0 Å². The molecule has 2 aliphatic rings. The molecular weight excluding hydrogens is 212 g/mol. The molecule has 0 bridgehead atoms.